The lowest BCUT2D eigenvalue weighted by atomic mass is 9.99. The Kier molecular flexibility index (Phi) is 7.41. The zero-order chi connectivity index (χ0) is 14.1. The summed E-state index contributed by atoms with van der Waals surface area (Å²) < 4.78 is 12.8. The minimum Gasteiger partial charge on any atom is -0.362 e. The largest absolute Gasteiger partial charge is 0.362 e. The molecular weight excluding hydrogens is 259 g/mol. The van der Waals surface area contributed by atoms with E-state index < -0.39 is 0 Å². The zero-order valence-electron chi connectivity index (χ0n) is 11.7. The molecule has 0 aromatic heterocycles. The number of rotatable bonds is 7. The lowest BCUT2D eigenvalue weighted by molar-refractivity contribution is 0.446. The molecule has 106 valence electrons. The molecule has 0 amide bonds. The Bertz CT molecular complexity index is 378. The molecule has 0 spiro atoms. The highest BCUT2D eigenvalue weighted by atomic mass is 32.1. The second kappa shape index (κ2) is 8.86. The molecule has 1 aromatic rings. The monoisotopic (exact) mass is 282 g/mol. The number of hydrogen-bond donors (Lipinski definition) is 2. The highest BCUT2D eigenvalue weighted by molar-refractivity contribution is 7.80. The van der Waals surface area contributed by atoms with Gasteiger partial charge < -0.3 is 10.6 Å². The van der Waals surface area contributed by atoms with E-state index in [9.17, 15) is 4.39 Å². The maximum absolute atomic E-state index is 12.8. The fourth-order valence-electron chi connectivity index (χ4n) is 1.89. The zero-order valence-corrected chi connectivity index (χ0v) is 12.5. The topological polar surface area (TPSA) is 24.1 Å². The third-order valence-electron chi connectivity index (χ3n) is 3.20. The predicted octanol–water partition coefficient (Wildman–Crippen LogP) is 4.33. The summed E-state index contributed by atoms with van der Waals surface area (Å²) in [4.78, 5) is 0. The SMILES string of the molecule is CCCCC(CC)CNC(=S)Nc1ccc(F)cc1. The third kappa shape index (κ3) is 6.53. The first-order valence-electron chi connectivity index (χ1n) is 6.96. The maximum atomic E-state index is 12.8. The van der Waals surface area contributed by atoms with Crippen LogP contribution in [0.4, 0.5) is 10.1 Å². The Balaban J connectivity index is 2.32. The number of nitrogens with one attached hydrogen (secondary N) is 2. The fraction of sp³-hybridized carbons (Fsp3) is 0.533. The van der Waals surface area contributed by atoms with E-state index in [2.05, 4.69) is 24.5 Å². The average molecular weight is 282 g/mol. The van der Waals surface area contributed by atoms with Crippen molar-refractivity contribution in [1.29, 1.82) is 0 Å². The van der Waals surface area contributed by atoms with Gasteiger partial charge in [-0.25, -0.2) is 4.39 Å². The van der Waals surface area contributed by atoms with Crippen LogP contribution in [-0.2, 0) is 0 Å². The molecule has 0 saturated heterocycles. The van der Waals surface area contributed by atoms with Gasteiger partial charge in [0, 0.05) is 12.2 Å². The summed E-state index contributed by atoms with van der Waals surface area (Å²) in [6.45, 7) is 5.31. The number of halogens is 1. The highest BCUT2D eigenvalue weighted by Crippen LogP contribution is 2.12. The minimum atomic E-state index is -0.241. The molecule has 4 heteroatoms. The Morgan fingerprint density at radius 1 is 1.26 bits per heavy atom. The van der Waals surface area contributed by atoms with Crippen LogP contribution in [0.25, 0.3) is 0 Å². The van der Waals surface area contributed by atoms with Gasteiger partial charge in [0.2, 0.25) is 0 Å². The molecule has 2 N–H and O–H groups in total. The molecule has 0 fully saturated rings. The van der Waals surface area contributed by atoms with Crippen LogP contribution in [0.2, 0.25) is 0 Å². The van der Waals surface area contributed by atoms with Crippen molar-refractivity contribution in [2.75, 3.05) is 11.9 Å². The van der Waals surface area contributed by atoms with E-state index in [1.165, 1.54) is 31.4 Å². The molecule has 0 aliphatic carbocycles. The standard InChI is InChI=1S/C15H23FN2S/c1-3-5-6-12(4-2)11-17-15(19)18-14-9-7-13(16)8-10-14/h7-10,12H,3-6,11H2,1-2H3,(H2,17,18,19). The van der Waals surface area contributed by atoms with Crippen molar-refractivity contribution < 1.29 is 4.39 Å². The van der Waals surface area contributed by atoms with E-state index >= 15 is 0 Å². The third-order valence-corrected chi connectivity index (χ3v) is 3.44. The van der Waals surface area contributed by atoms with E-state index in [0.717, 1.165) is 18.7 Å². The smallest absolute Gasteiger partial charge is 0.170 e. The van der Waals surface area contributed by atoms with Crippen molar-refractivity contribution in [2.24, 2.45) is 5.92 Å². The number of hydrogen-bond acceptors (Lipinski definition) is 1. The first kappa shape index (κ1) is 15.9. The van der Waals surface area contributed by atoms with Crippen LogP contribution >= 0.6 is 12.2 Å². The van der Waals surface area contributed by atoms with Crippen LogP contribution in [-0.4, -0.2) is 11.7 Å². The van der Waals surface area contributed by atoms with E-state index in [1.807, 2.05) is 0 Å². The second-order valence-corrected chi connectivity index (χ2v) is 5.17. The minimum absolute atomic E-state index is 0.241. The van der Waals surface area contributed by atoms with Gasteiger partial charge in [-0.2, -0.15) is 0 Å². The van der Waals surface area contributed by atoms with E-state index in [4.69, 9.17) is 12.2 Å². The average Bonchev–Trinajstić information content (AvgIpc) is 2.42. The van der Waals surface area contributed by atoms with Gasteiger partial charge in [0.05, 0.1) is 0 Å². The Labute approximate surface area is 120 Å². The second-order valence-electron chi connectivity index (χ2n) is 4.76. The first-order valence-corrected chi connectivity index (χ1v) is 7.37. The maximum Gasteiger partial charge on any atom is 0.170 e. The summed E-state index contributed by atoms with van der Waals surface area (Å²) in [6, 6.07) is 6.19. The van der Waals surface area contributed by atoms with Crippen LogP contribution in [0, 0.1) is 11.7 Å². The molecule has 0 saturated carbocycles. The number of benzene rings is 1. The number of anilines is 1. The molecule has 2 nitrogen and oxygen atoms in total. The summed E-state index contributed by atoms with van der Waals surface area (Å²) in [5.74, 6) is 0.419. The van der Waals surface area contributed by atoms with Gasteiger partial charge in [0.25, 0.3) is 0 Å². The lowest BCUT2D eigenvalue weighted by Crippen LogP contribution is -2.32. The number of unbranched alkanes of at least 4 members (excludes halogenated alkanes) is 1. The molecule has 1 rings (SSSR count). The van der Waals surface area contributed by atoms with Crippen LogP contribution in [0.5, 0.6) is 0 Å². The summed E-state index contributed by atoms with van der Waals surface area (Å²) >= 11 is 5.23. The molecule has 0 bridgehead atoms. The van der Waals surface area contributed by atoms with Gasteiger partial charge in [-0.05, 0) is 48.8 Å². The first-order chi connectivity index (χ1) is 9.15. The summed E-state index contributed by atoms with van der Waals surface area (Å²) in [5, 5.41) is 6.89. The highest BCUT2D eigenvalue weighted by Gasteiger charge is 2.06. The molecule has 0 heterocycles. The number of thiocarbonyl (C=S) groups is 1. The van der Waals surface area contributed by atoms with Crippen molar-refractivity contribution in [3.63, 3.8) is 0 Å². The van der Waals surface area contributed by atoms with Crippen LogP contribution in [0.3, 0.4) is 0 Å². The van der Waals surface area contributed by atoms with Gasteiger partial charge in [-0.15, -0.1) is 0 Å². The molecule has 1 aromatic carbocycles. The summed E-state index contributed by atoms with van der Waals surface area (Å²) in [6.07, 6.45) is 4.89. The van der Waals surface area contributed by atoms with Crippen LogP contribution < -0.4 is 10.6 Å². The molecular formula is C15H23FN2S. The van der Waals surface area contributed by atoms with Crippen molar-refractivity contribution in [3.8, 4) is 0 Å². The molecule has 1 atom stereocenters. The molecule has 0 aliphatic heterocycles. The van der Waals surface area contributed by atoms with E-state index in [1.54, 1.807) is 12.1 Å². The van der Waals surface area contributed by atoms with E-state index in [-0.39, 0.29) is 5.82 Å². The Hall–Kier alpha value is -1.16. The van der Waals surface area contributed by atoms with Crippen molar-refractivity contribution in [2.45, 2.75) is 39.5 Å². The Morgan fingerprint density at radius 2 is 1.95 bits per heavy atom. The van der Waals surface area contributed by atoms with Crippen LogP contribution in [0.15, 0.2) is 24.3 Å². The normalized spacial score (nSPS) is 11.9. The fourth-order valence-corrected chi connectivity index (χ4v) is 2.09. The molecule has 0 aliphatic rings. The molecule has 0 radical (unpaired) electrons. The lowest BCUT2D eigenvalue weighted by Gasteiger charge is -2.17. The quantitative estimate of drug-likeness (QED) is 0.728. The van der Waals surface area contributed by atoms with Gasteiger partial charge in [-0.3, -0.25) is 0 Å². The van der Waals surface area contributed by atoms with Crippen molar-refractivity contribution in [1.82, 2.24) is 5.32 Å². The van der Waals surface area contributed by atoms with Gasteiger partial charge >= 0.3 is 0 Å². The molecule has 1 unspecified atom stereocenters. The summed E-state index contributed by atoms with van der Waals surface area (Å²) in [5.41, 5.74) is 0.806. The van der Waals surface area contributed by atoms with Crippen LogP contribution in [0.1, 0.15) is 39.5 Å². The summed E-state index contributed by atoms with van der Waals surface area (Å²) in [7, 11) is 0. The Morgan fingerprint density at radius 3 is 2.53 bits per heavy atom. The van der Waals surface area contributed by atoms with Crippen molar-refractivity contribution in [3.05, 3.63) is 30.1 Å². The predicted molar refractivity (Wildman–Crippen MR) is 83.9 cm³/mol. The van der Waals surface area contributed by atoms with Gasteiger partial charge in [0.15, 0.2) is 5.11 Å². The van der Waals surface area contributed by atoms with Crippen molar-refractivity contribution >= 4 is 23.0 Å². The van der Waals surface area contributed by atoms with Gasteiger partial charge in [-0.1, -0.05) is 33.1 Å². The molecule has 19 heavy (non-hydrogen) atoms. The van der Waals surface area contributed by atoms with Gasteiger partial charge in [0.1, 0.15) is 5.82 Å². The van der Waals surface area contributed by atoms with E-state index in [0.29, 0.717) is 11.0 Å².